The number of fused-ring (bicyclic) bond motifs is 1. The molecule has 4 rings (SSSR count). The summed E-state index contributed by atoms with van der Waals surface area (Å²) >= 11 is 0. The van der Waals surface area contributed by atoms with Crippen LogP contribution in [-0.2, 0) is 0 Å². The van der Waals surface area contributed by atoms with Crippen LogP contribution in [0.25, 0.3) is 11.1 Å². The van der Waals surface area contributed by atoms with Gasteiger partial charge in [-0.05, 0) is 61.1 Å². The Bertz CT molecular complexity index is 1130. The van der Waals surface area contributed by atoms with Gasteiger partial charge < -0.3 is 15.2 Å². The molecule has 1 heterocycles. The van der Waals surface area contributed by atoms with Gasteiger partial charge in [-0.15, -0.1) is 0 Å². The first-order chi connectivity index (χ1) is 15.3. The van der Waals surface area contributed by atoms with Gasteiger partial charge in [-0.2, -0.15) is 0 Å². The van der Waals surface area contributed by atoms with Crippen LogP contribution >= 0.6 is 0 Å². The molecule has 1 fully saturated rings. The number of ketones is 1. The van der Waals surface area contributed by atoms with E-state index in [0.717, 1.165) is 12.8 Å². The summed E-state index contributed by atoms with van der Waals surface area (Å²) in [5.41, 5.74) is 0.745. The standard InChI is InChI=1S/C27H31NO4/c1-4-5-20-21-12-15(2)6-11-19(21)16(3)13-22(20)25(30)24-26(31)23(14-28-27(24)32)17-7-9-18(29)10-8-17/h4-5,7-10,13-16,19-21,29H,6,11-12H2,1-3H3,(H2,28,31,32). The van der Waals surface area contributed by atoms with E-state index in [-0.39, 0.29) is 28.9 Å². The van der Waals surface area contributed by atoms with Crippen molar-refractivity contribution in [1.82, 2.24) is 4.98 Å². The van der Waals surface area contributed by atoms with Gasteiger partial charge in [0, 0.05) is 23.3 Å². The number of hydrogen-bond donors (Lipinski definition) is 3. The maximum Gasteiger partial charge on any atom is 0.263 e. The highest BCUT2D eigenvalue weighted by Gasteiger charge is 2.42. The summed E-state index contributed by atoms with van der Waals surface area (Å²) in [5.74, 6) is 1.05. The predicted molar refractivity (Wildman–Crippen MR) is 126 cm³/mol. The number of aromatic amines is 1. The van der Waals surface area contributed by atoms with Crippen molar-refractivity contribution in [3.63, 3.8) is 0 Å². The summed E-state index contributed by atoms with van der Waals surface area (Å²) in [6.45, 7) is 6.38. The number of phenols is 1. The molecule has 5 heteroatoms. The predicted octanol–water partition coefficient (Wildman–Crippen LogP) is 5.46. The first-order valence-electron chi connectivity index (χ1n) is 11.4. The average Bonchev–Trinajstić information content (AvgIpc) is 2.76. The van der Waals surface area contributed by atoms with E-state index in [0.29, 0.717) is 34.5 Å². The summed E-state index contributed by atoms with van der Waals surface area (Å²) in [6.07, 6.45) is 10.9. The van der Waals surface area contributed by atoms with Crippen LogP contribution in [0.3, 0.4) is 0 Å². The van der Waals surface area contributed by atoms with Gasteiger partial charge in [0.05, 0.1) is 0 Å². The van der Waals surface area contributed by atoms with Crippen LogP contribution in [0.15, 0.2) is 59.1 Å². The van der Waals surface area contributed by atoms with Gasteiger partial charge in [0.15, 0.2) is 5.78 Å². The maximum atomic E-state index is 13.7. The number of carbonyl (C=O) groups excluding carboxylic acids is 1. The van der Waals surface area contributed by atoms with Crippen LogP contribution in [-0.4, -0.2) is 21.0 Å². The van der Waals surface area contributed by atoms with Crippen molar-refractivity contribution in [3.05, 3.63) is 70.2 Å². The molecule has 0 aliphatic heterocycles. The van der Waals surface area contributed by atoms with Gasteiger partial charge >= 0.3 is 0 Å². The fourth-order valence-corrected chi connectivity index (χ4v) is 5.68. The molecule has 0 bridgehead atoms. The SMILES string of the molecule is CC=CC1C(C(=O)c2c(O)c(-c3ccc(O)cc3)c[nH]c2=O)=CC(C)C2CCC(C)CC12. The van der Waals surface area contributed by atoms with E-state index in [1.165, 1.54) is 24.8 Å². The lowest BCUT2D eigenvalue weighted by atomic mass is 9.59. The third-order valence-corrected chi connectivity index (χ3v) is 7.29. The van der Waals surface area contributed by atoms with Crippen LogP contribution in [0, 0.1) is 29.6 Å². The fourth-order valence-electron chi connectivity index (χ4n) is 5.68. The third kappa shape index (κ3) is 3.92. The quantitative estimate of drug-likeness (QED) is 0.441. The van der Waals surface area contributed by atoms with Crippen molar-refractivity contribution < 1.29 is 15.0 Å². The number of benzene rings is 1. The molecule has 1 aromatic heterocycles. The molecule has 2 aliphatic carbocycles. The van der Waals surface area contributed by atoms with Crippen molar-refractivity contribution in [2.45, 2.75) is 40.0 Å². The van der Waals surface area contributed by atoms with Gasteiger partial charge in [-0.1, -0.05) is 50.6 Å². The lowest BCUT2D eigenvalue weighted by molar-refractivity contribution is 0.0919. The van der Waals surface area contributed by atoms with E-state index in [1.807, 2.05) is 19.1 Å². The molecule has 32 heavy (non-hydrogen) atoms. The van der Waals surface area contributed by atoms with Gasteiger partial charge in [-0.25, -0.2) is 0 Å². The molecule has 0 spiro atoms. The van der Waals surface area contributed by atoms with Gasteiger partial charge in [0.25, 0.3) is 5.56 Å². The molecule has 168 valence electrons. The van der Waals surface area contributed by atoms with Crippen LogP contribution < -0.4 is 5.56 Å². The van der Waals surface area contributed by atoms with Crippen molar-refractivity contribution in [1.29, 1.82) is 0 Å². The molecule has 0 radical (unpaired) electrons. The Morgan fingerprint density at radius 3 is 2.50 bits per heavy atom. The highest BCUT2D eigenvalue weighted by Crippen LogP contribution is 2.49. The summed E-state index contributed by atoms with van der Waals surface area (Å²) in [6, 6.07) is 6.27. The van der Waals surface area contributed by atoms with E-state index in [4.69, 9.17) is 0 Å². The molecular weight excluding hydrogens is 402 g/mol. The second-order valence-electron chi connectivity index (χ2n) is 9.41. The van der Waals surface area contributed by atoms with E-state index >= 15 is 0 Å². The number of pyridine rings is 1. The molecule has 5 atom stereocenters. The zero-order valence-electron chi connectivity index (χ0n) is 18.8. The topological polar surface area (TPSA) is 90.4 Å². The molecule has 2 aliphatic rings. The monoisotopic (exact) mass is 433 g/mol. The number of rotatable bonds is 4. The molecule has 5 nitrogen and oxygen atoms in total. The molecule has 3 N–H and O–H groups in total. The largest absolute Gasteiger partial charge is 0.508 e. The Labute approximate surface area is 188 Å². The van der Waals surface area contributed by atoms with Crippen molar-refractivity contribution in [2.75, 3.05) is 0 Å². The number of hydrogen-bond acceptors (Lipinski definition) is 4. The summed E-state index contributed by atoms with van der Waals surface area (Å²) in [5, 5.41) is 20.6. The highest BCUT2D eigenvalue weighted by molar-refractivity contribution is 6.11. The first kappa shape index (κ1) is 22.1. The lowest BCUT2D eigenvalue weighted by Crippen LogP contribution is -2.39. The Morgan fingerprint density at radius 2 is 1.81 bits per heavy atom. The molecule has 1 saturated carbocycles. The smallest absolute Gasteiger partial charge is 0.263 e. The minimum Gasteiger partial charge on any atom is -0.508 e. The van der Waals surface area contributed by atoms with Crippen molar-refractivity contribution in [3.8, 4) is 22.6 Å². The van der Waals surface area contributed by atoms with Crippen LogP contribution in [0.5, 0.6) is 11.5 Å². The second-order valence-corrected chi connectivity index (χ2v) is 9.41. The molecule has 0 saturated heterocycles. The number of nitrogens with one attached hydrogen (secondary N) is 1. The van der Waals surface area contributed by atoms with Gasteiger partial charge in [0.1, 0.15) is 17.1 Å². The summed E-state index contributed by atoms with van der Waals surface area (Å²) < 4.78 is 0. The number of Topliss-reactive ketones (excluding diaryl/α,β-unsaturated/α-hetero) is 1. The van der Waals surface area contributed by atoms with Gasteiger partial charge in [-0.3, -0.25) is 9.59 Å². The first-order valence-corrected chi connectivity index (χ1v) is 11.4. The maximum absolute atomic E-state index is 13.7. The molecule has 5 unspecified atom stereocenters. The van der Waals surface area contributed by atoms with Crippen LogP contribution in [0.2, 0.25) is 0 Å². The highest BCUT2D eigenvalue weighted by atomic mass is 16.3. The normalized spacial score (nSPS) is 27.7. The van der Waals surface area contributed by atoms with E-state index in [2.05, 4.69) is 24.9 Å². The number of phenolic OH excluding ortho intramolecular Hbond substituents is 1. The molecule has 1 aromatic carbocycles. The number of aromatic nitrogens is 1. The molecule has 2 aromatic rings. The zero-order chi connectivity index (χ0) is 23.0. The lowest BCUT2D eigenvalue weighted by Gasteiger charge is -2.45. The fraction of sp³-hybridized carbons (Fsp3) is 0.407. The number of aromatic hydroxyl groups is 2. The Morgan fingerprint density at radius 1 is 1.09 bits per heavy atom. The summed E-state index contributed by atoms with van der Waals surface area (Å²) in [7, 11) is 0. The van der Waals surface area contributed by atoms with E-state index in [9.17, 15) is 19.8 Å². The van der Waals surface area contributed by atoms with Crippen LogP contribution in [0.4, 0.5) is 0 Å². The van der Waals surface area contributed by atoms with E-state index < -0.39 is 11.3 Å². The average molecular weight is 434 g/mol. The van der Waals surface area contributed by atoms with E-state index in [1.54, 1.807) is 12.1 Å². The Balaban J connectivity index is 1.80. The molecular formula is C27H31NO4. The second kappa shape index (κ2) is 8.81. The minimum atomic E-state index is -0.595. The van der Waals surface area contributed by atoms with Crippen molar-refractivity contribution in [2.24, 2.45) is 29.6 Å². The summed E-state index contributed by atoms with van der Waals surface area (Å²) in [4.78, 5) is 29.1. The Kier molecular flexibility index (Phi) is 6.09. The van der Waals surface area contributed by atoms with Crippen molar-refractivity contribution >= 4 is 5.78 Å². The third-order valence-electron chi connectivity index (χ3n) is 7.29. The Hall–Kier alpha value is -3.08. The number of allylic oxidation sites excluding steroid dienone is 4. The van der Waals surface area contributed by atoms with Gasteiger partial charge in [0.2, 0.25) is 0 Å². The van der Waals surface area contributed by atoms with Crippen LogP contribution in [0.1, 0.15) is 50.4 Å². The zero-order valence-corrected chi connectivity index (χ0v) is 18.8. The number of carbonyl (C=O) groups is 1. The molecule has 0 amide bonds. The minimum absolute atomic E-state index is 0.0624. The number of H-pyrrole nitrogens is 1.